The summed E-state index contributed by atoms with van der Waals surface area (Å²) in [6.07, 6.45) is 5.03. The van der Waals surface area contributed by atoms with Gasteiger partial charge in [0.25, 0.3) is 5.91 Å². The first-order valence-electron chi connectivity index (χ1n) is 23.0. The van der Waals surface area contributed by atoms with Crippen LogP contribution in [0, 0.1) is 11.3 Å². The van der Waals surface area contributed by atoms with Crippen LogP contribution < -0.4 is 10.7 Å². The first-order valence-corrected chi connectivity index (χ1v) is 23.9. The number of benzene rings is 1. The summed E-state index contributed by atoms with van der Waals surface area (Å²) in [6, 6.07) is 7.06. The SMILES string of the molecule is C=CC(=O)N(C)C1CCN(C(=O)N(C)[C@H](C(=O)N[C@H]2Cc3nc(cs3)-c3ccc4c(c3)c(c(-c3cccnc3[C@H](C)OC)n4CC)CC(C)(C)COC(=O)[C@@H]3CCCN(N3)C2=O)C(C)C)C1. The molecule has 6 bridgehead atoms. The standard InChI is InChI=1S/C49H65N9O7S/c1-11-41(59)54(8)32-19-22-56(26-32)48(63)55(9)43(29(3)4)45(60)52-37-24-40-51-38(27-66-40)31-17-18-39-34(23-31)35(44(57(39)12-2)33-15-13-20-50-42(33)30(5)64-10)25-49(6,7)28-65-47(62)36-16-14-21-58(53-36)46(37)61/h11,13,15,17-18,20,23,27,29-30,32,36-37,43,53H,1,12,14,16,19,21-22,24-26,28H2,2-10H3,(H,52,60)/t30-,32?,36-,37-,43-/m0/s1. The zero-order valence-electron chi connectivity index (χ0n) is 39.8. The van der Waals surface area contributed by atoms with Gasteiger partial charge in [-0.15, -0.1) is 11.3 Å². The number of hydrogen-bond donors (Lipinski definition) is 2. The summed E-state index contributed by atoms with van der Waals surface area (Å²) in [6.45, 7) is 17.5. The van der Waals surface area contributed by atoms with Crippen molar-refractivity contribution >= 4 is 52.0 Å². The van der Waals surface area contributed by atoms with Gasteiger partial charge in [0.2, 0.25) is 11.8 Å². The average Bonchev–Trinajstić information content (AvgIpc) is 4.07. The number of carbonyl (C=O) groups is 5. The lowest BCUT2D eigenvalue weighted by Gasteiger charge is -2.37. The van der Waals surface area contributed by atoms with Crippen molar-refractivity contribution in [3.05, 3.63) is 70.8 Å². The predicted octanol–water partition coefficient (Wildman–Crippen LogP) is 6.00. The summed E-state index contributed by atoms with van der Waals surface area (Å²) in [5.74, 6) is -1.92. The first kappa shape index (κ1) is 48.3. The molecule has 17 heteroatoms. The molecule has 354 valence electrons. The molecule has 7 rings (SSSR count). The number of fused-ring (bicyclic) bond motifs is 6. The molecule has 6 heterocycles. The number of esters is 1. The third kappa shape index (κ3) is 9.88. The number of nitrogens with zero attached hydrogens (tertiary/aromatic N) is 7. The number of pyridine rings is 1. The maximum Gasteiger partial charge on any atom is 0.324 e. The average molecular weight is 924 g/mol. The van der Waals surface area contributed by atoms with Crippen LogP contribution in [0.25, 0.3) is 33.4 Å². The Bertz CT molecular complexity index is 2480. The number of likely N-dealkylation sites (N-methyl/N-ethyl adjacent to an activating group) is 2. The molecule has 2 saturated heterocycles. The highest BCUT2D eigenvalue weighted by atomic mass is 32.1. The number of carbonyl (C=O) groups excluding carboxylic acids is 5. The van der Waals surface area contributed by atoms with Crippen molar-refractivity contribution < 1.29 is 33.4 Å². The van der Waals surface area contributed by atoms with Gasteiger partial charge in [0.05, 0.1) is 40.8 Å². The smallest absolute Gasteiger partial charge is 0.324 e. The maximum absolute atomic E-state index is 14.6. The van der Waals surface area contributed by atoms with E-state index in [-0.39, 0.29) is 43.0 Å². The van der Waals surface area contributed by atoms with Crippen LogP contribution in [-0.4, -0.2) is 136 Å². The molecule has 66 heavy (non-hydrogen) atoms. The number of likely N-dealkylation sites (tertiary alicyclic amines) is 1. The van der Waals surface area contributed by atoms with Crippen molar-refractivity contribution in [1.29, 1.82) is 0 Å². The molecule has 0 radical (unpaired) electrons. The summed E-state index contributed by atoms with van der Waals surface area (Å²) in [7, 11) is 4.97. The van der Waals surface area contributed by atoms with E-state index in [2.05, 4.69) is 66.9 Å². The van der Waals surface area contributed by atoms with Gasteiger partial charge in [-0.05, 0) is 81.4 Å². The fraction of sp³-hybridized carbons (Fsp3) is 0.531. The number of aryl methyl sites for hydroxylation is 1. The molecule has 0 aliphatic carbocycles. The van der Waals surface area contributed by atoms with Crippen LogP contribution in [0.5, 0.6) is 0 Å². The molecular weight excluding hydrogens is 859 g/mol. The van der Waals surface area contributed by atoms with E-state index in [0.717, 1.165) is 44.7 Å². The summed E-state index contributed by atoms with van der Waals surface area (Å²) < 4.78 is 14.2. The van der Waals surface area contributed by atoms with Gasteiger partial charge in [-0.25, -0.2) is 15.2 Å². The van der Waals surface area contributed by atoms with Crippen molar-refractivity contribution in [2.75, 3.05) is 47.4 Å². The fourth-order valence-corrected chi connectivity index (χ4v) is 10.5. The zero-order valence-corrected chi connectivity index (χ0v) is 40.6. The number of amides is 5. The Morgan fingerprint density at radius 3 is 2.62 bits per heavy atom. The van der Waals surface area contributed by atoms with Crippen LogP contribution in [0.1, 0.15) is 83.2 Å². The summed E-state index contributed by atoms with van der Waals surface area (Å²) >= 11 is 1.40. The Labute approximate surface area is 391 Å². The minimum Gasteiger partial charge on any atom is -0.464 e. The zero-order chi connectivity index (χ0) is 47.6. The highest BCUT2D eigenvalue weighted by molar-refractivity contribution is 7.10. The Morgan fingerprint density at radius 2 is 1.91 bits per heavy atom. The molecule has 0 spiro atoms. The fourth-order valence-electron chi connectivity index (χ4n) is 9.64. The van der Waals surface area contributed by atoms with E-state index in [0.29, 0.717) is 56.9 Å². The van der Waals surface area contributed by atoms with Crippen LogP contribution in [0.4, 0.5) is 4.79 Å². The van der Waals surface area contributed by atoms with Crippen molar-refractivity contribution in [3.63, 3.8) is 0 Å². The minimum absolute atomic E-state index is 0.0714. The summed E-state index contributed by atoms with van der Waals surface area (Å²) in [4.78, 5) is 83.8. The van der Waals surface area contributed by atoms with Gasteiger partial charge in [0, 0.05) is 92.8 Å². The topological polar surface area (TPSA) is 172 Å². The van der Waals surface area contributed by atoms with Crippen LogP contribution in [0.2, 0.25) is 0 Å². The molecule has 0 saturated carbocycles. The van der Waals surface area contributed by atoms with Gasteiger partial charge >= 0.3 is 12.0 Å². The minimum atomic E-state index is -1.09. The Balaban J connectivity index is 1.25. The number of urea groups is 1. The first-order chi connectivity index (χ1) is 31.5. The Kier molecular flexibility index (Phi) is 14.7. The predicted molar refractivity (Wildman–Crippen MR) is 254 cm³/mol. The van der Waals surface area contributed by atoms with E-state index in [1.165, 1.54) is 27.3 Å². The van der Waals surface area contributed by atoms with Crippen molar-refractivity contribution in [3.8, 4) is 22.5 Å². The van der Waals surface area contributed by atoms with Gasteiger partial charge in [-0.1, -0.05) is 40.3 Å². The van der Waals surface area contributed by atoms with Gasteiger partial charge in [0.1, 0.15) is 18.1 Å². The van der Waals surface area contributed by atoms with E-state index < -0.39 is 41.3 Å². The van der Waals surface area contributed by atoms with Gasteiger partial charge < -0.3 is 34.1 Å². The summed E-state index contributed by atoms with van der Waals surface area (Å²) in [5, 5.41) is 8.09. The normalized spacial score (nSPS) is 21.0. The lowest BCUT2D eigenvalue weighted by Crippen LogP contribution is -2.62. The largest absolute Gasteiger partial charge is 0.464 e. The number of nitrogens with one attached hydrogen (secondary N) is 2. The number of thiazole rings is 1. The third-order valence-electron chi connectivity index (χ3n) is 13.3. The monoisotopic (exact) mass is 923 g/mol. The quantitative estimate of drug-likeness (QED) is 0.142. The number of methoxy groups -OCH3 is 1. The molecule has 1 aromatic carbocycles. The molecule has 16 nitrogen and oxygen atoms in total. The van der Waals surface area contributed by atoms with E-state index in [4.69, 9.17) is 19.4 Å². The van der Waals surface area contributed by atoms with Gasteiger partial charge in [-0.2, -0.15) is 0 Å². The number of rotatable bonds is 10. The second-order valence-corrected chi connectivity index (χ2v) is 19.8. The maximum atomic E-state index is 14.6. The molecular formula is C49H65N9O7S. The Morgan fingerprint density at radius 1 is 1.14 bits per heavy atom. The van der Waals surface area contributed by atoms with Crippen molar-refractivity contribution in [2.45, 2.75) is 110 Å². The van der Waals surface area contributed by atoms with Crippen LogP contribution >= 0.6 is 11.3 Å². The lowest BCUT2D eigenvalue weighted by atomic mass is 9.84. The molecule has 5 atom stereocenters. The molecule has 3 aromatic heterocycles. The molecule has 4 aromatic rings. The van der Waals surface area contributed by atoms with E-state index in [1.807, 2.05) is 32.2 Å². The molecule has 5 amide bonds. The van der Waals surface area contributed by atoms with Gasteiger partial charge in [0.15, 0.2) is 0 Å². The number of hydrogen-bond acceptors (Lipinski definition) is 11. The third-order valence-corrected chi connectivity index (χ3v) is 14.1. The summed E-state index contributed by atoms with van der Waals surface area (Å²) in [5.41, 5.74) is 9.25. The van der Waals surface area contributed by atoms with E-state index in [1.54, 1.807) is 37.2 Å². The number of hydrazine groups is 1. The number of ether oxygens (including phenoxy) is 2. The molecule has 1 unspecified atom stereocenters. The molecule has 2 N–H and O–H groups in total. The molecule has 3 aliphatic heterocycles. The molecule has 3 aliphatic rings. The molecule has 2 fully saturated rings. The highest BCUT2D eigenvalue weighted by Crippen LogP contribution is 2.42. The lowest BCUT2D eigenvalue weighted by molar-refractivity contribution is -0.155. The van der Waals surface area contributed by atoms with Crippen LogP contribution in [-0.2, 0) is 48.0 Å². The Hall–Kier alpha value is -5.65. The second-order valence-electron chi connectivity index (χ2n) is 18.9. The van der Waals surface area contributed by atoms with Gasteiger partial charge in [-0.3, -0.25) is 29.2 Å². The van der Waals surface area contributed by atoms with Crippen LogP contribution in [0.15, 0.2) is 54.6 Å². The van der Waals surface area contributed by atoms with E-state index in [9.17, 15) is 24.0 Å². The highest BCUT2D eigenvalue weighted by Gasteiger charge is 2.40. The van der Waals surface area contributed by atoms with Crippen molar-refractivity contribution in [1.82, 2.24) is 45.0 Å². The van der Waals surface area contributed by atoms with Crippen molar-refractivity contribution in [2.24, 2.45) is 11.3 Å². The second kappa shape index (κ2) is 20.1. The van der Waals surface area contributed by atoms with Crippen LogP contribution in [0.3, 0.4) is 0 Å². The van der Waals surface area contributed by atoms with E-state index >= 15 is 0 Å². The number of cyclic esters (lactones) is 1. The number of aromatic nitrogens is 3.